The normalized spacial score (nSPS) is 11.5. The Morgan fingerprint density at radius 2 is 2.00 bits per heavy atom. The number of nitroso groups, excluding NO2 is 1. The zero-order valence-electron chi connectivity index (χ0n) is 7.51. The largest absolute Gasteiger partial charge is 0.393 e. The fourth-order valence-electron chi connectivity index (χ4n) is 1.15. The number of rotatable bonds is 3. The van der Waals surface area contributed by atoms with Gasteiger partial charge in [-0.2, -0.15) is 18.1 Å². The highest BCUT2D eigenvalue weighted by atomic mass is 79.9. The van der Waals surface area contributed by atoms with Crippen LogP contribution >= 0.6 is 15.9 Å². The van der Waals surface area contributed by atoms with Gasteiger partial charge in [-0.15, -0.1) is 0 Å². The van der Waals surface area contributed by atoms with Crippen LogP contribution in [0.3, 0.4) is 0 Å². The van der Waals surface area contributed by atoms with E-state index in [1.54, 1.807) is 6.07 Å². The lowest BCUT2D eigenvalue weighted by atomic mass is 10.1. The maximum absolute atomic E-state index is 12.1. The van der Waals surface area contributed by atoms with Crippen molar-refractivity contribution in [3.8, 4) is 0 Å². The fourth-order valence-corrected chi connectivity index (χ4v) is 1.54. The Hall–Kier alpha value is -0.910. The molecular weight excluding hydrogens is 275 g/mol. The molecule has 0 aliphatic carbocycles. The van der Waals surface area contributed by atoms with Crippen LogP contribution < -0.4 is 0 Å². The minimum Gasteiger partial charge on any atom is -0.171 e. The number of hydrogen-bond acceptors (Lipinski definition) is 2. The lowest BCUT2D eigenvalue weighted by Crippen LogP contribution is -2.12. The minimum atomic E-state index is -4.25. The van der Waals surface area contributed by atoms with Gasteiger partial charge in [-0.3, -0.25) is 0 Å². The van der Waals surface area contributed by atoms with Crippen molar-refractivity contribution in [2.24, 2.45) is 5.18 Å². The minimum absolute atomic E-state index is 0.113. The van der Waals surface area contributed by atoms with E-state index in [9.17, 15) is 18.1 Å². The quantitative estimate of drug-likeness (QED) is 0.775. The van der Waals surface area contributed by atoms with Gasteiger partial charge in [0.25, 0.3) is 0 Å². The van der Waals surface area contributed by atoms with Gasteiger partial charge in [0.15, 0.2) is 0 Å². The van der Waals surface area contributed by atoms with Gasteiger partial charge in [-0.25, -0.2) is 0 Å². The van der Waals surface area contributed by atoms with Gasteiger partial charge < -0.3 is 0 Å². The third-order valence-electron chi connectivity index (χ3n) is 1.75. The summed E-state index contributed by atoms with van der Waals surface area (Å²) < 4.78 is 36.8. The molecule has 1 aromatic carbocycles. The van der Waals surface area contributed by atoms with Gasteiger partial charge >= 0.3 is 6.18 Å². The number of halogens is 4. The second-order valence-electron chi connectivity index (χ2n) is 3.00. The highest BCUT2D eigenvalue weighted by molar-refractivity contribution is 9.10. The Morgan fingerprint density at radius 3 is 2.53 bits per heavy atom. The zero-order chi connectivity index (χ0) is 11.5. The van der Waals surface area contributed by atoms with E-state index in [0.717, 1.165) is 0 Å². The molecule has 0 radical (unpaired) electrons. The maximum atomic E-state index is 12.1. The number of benzene rings is 1. The van der Waals surface area contributed by atoms with Gasteiger partial charge in [0, 0.05) is 4.47 Å². The molecule has 1 aromatic rings. The molecule has 0 aliphatic heterocycles. The van der Waals surface area contributed by atoms with Crippen LogP contribution in [0.2, 0.25) is 0 Å². The van der Waals surface area contributed by atoms with Crippen LogP contribution in [0.5, 0.6) is 0 Å². The maximum Gasteiger partial charge on any atom is 0.393 e. The van der Waals surface area contributed by atoms with E-state index < -0.39 is 12.6 Å². The Morgan fingerprint density at radius 1 is 1.33 bits per heavy atom. The molecule has 0 aliphatic rings. The first-order chi connectivity index (χ1) is 6.92. The van der Waals surface area contributed by atoms with Crippen molar-refractivity contribution in [1.29, 1.82) is 0 Å². The van der Waals surface area contributed by atoms with E-state index in [1.807, 2.05) is 0 Å². The smallest absolute Gasteiger partial charge is 0.171 e. The van der Waals surface area contributed by atoms with Crippen molar-refractivity contribution < 1.29 is 13.2 Å². The van der Waals surface area contributed by atoms with Crippen molar-refractivity contribution in [3.05, 3.63) is 38.7 Å². The van der Waals surface area contributed by atoms with Crippen LogP contribution in [0.1, 0.15) is 11.1 Å². The van der Waals surface area contributed by atoms with Gasteiger partial charge in [0.2, 0.25) is 0 Å². The Labute approximate surface area is 92.6 Å². The van der Waals surface area contributed by atoms with Crippen LogP contribution in [0.4, 0.5) is 13.2 Å². The van der Waals surface area contributed by atoms with E-state index >= 15 is 0 Å². The molecule has 0 bridgehead atoms. The SMILES string of the molecule is O=NCc1ccc(Br)c(CC(F)(F)F)c1. The summed E-state index contributed by atoms with van der Waals surface area (Å²) in [6.07, 6.45) is -5.27. The van der Waals surface area contributed by atoms with Crippen molar-refractivity contribution in [2.45, 2.75) is 19.1 Å². The Kier molecular flexibility index (Phi) is 3.84. The predicted octanol–water partition coefficient (Wildman–Crippen LogP) is 3.82. The number of nitrogens with zero attached hydrogens (tertiary/aromatic N) is 1. The van der Waals surface area contributed by atoms with Crippen molar-refractivity contribution in [1.82, 2.24) is 0 Å². The number of hydrogen-bond donors (Lipinski definition) is 0. The van der Waals surface area contributed by atoms with Crippen LogP contribution in [0, 0.1) is 4.91 Å². The standard InChI is InChI=1S/C9H7BrF3NO/c10-8-2-1-6(5-14-15)3-7(8)4-9(11,12)13/h1-3H,4-5H2. The van der Waals surface area contributed by atoms with Crippen molar-refractivity contribution >= 4 is 15.9 Å². The summed E-state index contributed by atoms with van der Waals surface area (Å²) in [7, 11) is 0. The van der Waals surface area contributed by atoms with Gasteiger partial charge in [0.05, 0.1) is 6.42 Å². The lowest BCUT2D eigenvalue weighted by molar-refractivity contribution is -0.127. The summed E-state index contributed by atoms with van der Waals surface area (Å²) >= 11 is 3.03. The fraction of sp³-hybridized carbons (Fsp3) is 0.333. The molecule has 2 nitrogen and oxygen atoms in total. The van der Waals surface area contributed by atoms with Crippen molar-refractivity contribution in [3.63, 3.8) is 0 Å². The summed E-state index contributed by atoms with van der Waals surface area (Å²) in [4.78, 5) is 9.97. The summed E-state index contributed by atoms with van der Waals surface area (Å²) in [6, 6.07) is 4.38. The molecule has 0 heterocycles. The topological polar surface area (TPSA) is 29.4 Å². The second kappa shape index (κ2) is 4.74. The molecule has 0 saturated carbocycles. The van der Waals surface area contributed by atoms with E-state index in [0.29, 0.717) is 10.0 Å². The number of alkyl halides is 3. The third kappa shape index (κ3) is 3.99. The molecule has 0 N–H and O–H groups in total. The predicted molar refractivity (Wildman–Crippen MR) is 53.4 cm³/mol. The zero-order valence-corrected chi connectivity index (χ0v) is 9.10. The average molecular weight is 282 g/mol. The highest BCUT2D eigenvalue weighted by Gasteiger charge is 2.28. The van der Waals surface area contributed by atoms with Gasteiger partial charge in [-0.05, 0) is 17.2 Å². The van der Waals surface area contributed by atoms with Crippen LogP contribution in [0.25, 0.3) is 0 Å². The molecule has 0 amide bonds. The first kappa shape index (κ1) is 12.2. The molecule has 6 heteroatoms. The van der Waals surface area contributed by atoms with Crippen LogP contribution in [-0.4, -0.2) is 6.18 Å². The first-order valence-electron chi connectivity index (χ1n) is 4.05. The summed E-state index contributed by atoms with van der Waals surface area (Å²) in [5, 5.41) is 2.63. The molecule has 15 heavy (non-hydrogen) atoms. The molecule has 0 aromatic heterocycles. The summed E-state index contributed by atoms with van der Waals surface area (Å²) in [5.74, 6) is 0. The lowest BCUT2D eigenvalue weighted by Gasteiger charge is -2.09. The van der Waals surface area contributed by atoms with E-state index in [4.69, 9.17) is 0 Å². The second-order valence-corrected chi connectivity index (χ2v) is 3.86. The highest BCUT2D eigenvalue weighted by Crippen LogP contribution is 2.27. The molecule has 82 valence electrons. The third-order valence-corrected chi connectivity index (χ3v) is 2.52. The van der Waals surface area contributed by atoms with E-state index in [1.165, 1.54) is 12.1 Å². The van der Waals surface area contributed by atoms with Crippen LogP contribution in [-0.2, 0) is 13.0 Å². The molecule has 0 atom stereocenters. The molecule has 0 fully saturated rings. The Bertz CT molecular complexity index is 365. The molecule has 0 saturated heterocycles. The van der Waals surface area contributed by atoms with Crippen molar-refractivity contribution in [2.75, 3.05) is 0 Å². The average Bonchev–Trinajstić information content (AvgIpc) is 2.09. The van der Waals surface area contributed by atoms with Gasteiger partial charge in [0.1, 0.15) is 6.54 Å². The molecule has 0 unspecified atom stereocenters. The first-order valence-corrected chi connectivity index (χ1v) is 4.85. The van der Waals surface area contributed by atoms with E-state index in [-0.39, 0.29) is 12.1 Å². The summed E-state index contributed by atoms with van der Waals surface area (Å²) in [6.45, 7) is -0.113. The molecular formula is C9H7BrF3NO. The van der Waals surface area contributed by atoms with E-state index in [2.05, 4.69) is 21.1 Å². The van der Waals surface area contributed by atoms with Crippen LogP contribution in [0.15, 0.2) is 27.8 Å². The Balaban J connectivity index is 2.95. The molecule has 0 spiro atoms. The van der Waals surface area contributed by atoms with Gasteiger partial charge in [-0.1, -0.05) is 33.2 Å². The molecule has 1 rings (SSSR count). The summed E-state index contributed by atoms with van der Waals surface area (Å²) in [5.41, 5.74) is 0.594. The monoisotopic (exact) mass is 281 g/mol.